The summed E-state index contributed by atoms with van der Waals surface area (Å²) in [6.07, 6.45) is 0.820. The van der Waals surface area contributed by atoms with Crippen molar-refractivity contribution in [2.45, 2.75) is 18.9 Å². The van der Waals surface area contributed by atoms with Gasteiger partial charge in [-0.1, -0.05) is 13.8 Å². The minimum Gasteiger partial charge on any atom is -0.610 e. The third-order valence-electron chi connectivity index (χ3n) is 1.95. The van der Waals surface area contributed by atoms with E-state index in [1.807, 2.05) is 0 Å². The molecule has 10 heteroatoms. The van der Waals surface area contributed by atoms with Gasteiger partial charge in [0.2, 0.25) is 5.88 Å². The highest BCUT2D eigenvalue weighted by atomic mass is 32.2. The molecule has 0 amide bonds. The van der Waals surface area contributed by atoms with Gasteiger partial charge in [-0.2, -0.15) is 13.4 Å². The average Bonchev–Trinajstić information content (AvgIpc) is 2.25. The lowest BCUT2D eigenvalue weighted by Crippen LogP contribution is -2.16. The summed E-state index contributed by atoms with van der Waals surface area (Å²) >= 11 is -1.71. The number of nitro groups is 1. The normalized spacial score (nSPS) is 13.2. The van der Waals surface area contributed by atoms with E-state index in [0.29, 0.717) is 0 Å². The summed E-state index contributed by atoms with van der Waals surface area (Å²) in [6.45, 7) is 3.61. The molecule has 1 rings (SSSR count). The Morgan fingerprint density at radius 2 is 2.05 bits per heavy atom. The van der Waals surface area contributed by atoms with Gasteiger partial charge in [0.25, 0.3) is 0 Å². The minimum absolute atomic E-state index is 0.0386. The molecule has 0 N–H and O–H groups in total. The van der Waals surface area contributed by atoms with Crippen molar-refractivity contribution in [2.24, 2.45) is 5.92 Å². The fraction of sp³-hybridized carbons (Fsp3) is 0.500. The van der Waals surface area contributed by atoms with Gasteiger partial charge in [0.1, 0.15) is 5.75 Å². The van der Waals surface area contributed by atoms with Crippen molar-refractivity contribution in [3.8, 4) is 5.88 Å². The molecule has 0 aromatic carbocycles. The smallest absolute Gasteiger partial charge is 0.344 e. The second kappa shape index (κ2) is 6.37. The van der Waals surface area contributed by atoms with Gasteiger partial charge in [-0.25, -0.2) is 0 Å². The molecular formula is C10H14N2O6S2. The van der Waals surface area contributed by atoms with E-state index in [2.05, 4.69) is 9.17 Å². The SMILES string of the molecule is CC(C)C[S+]([O-])c1nc(OS(C)(=O)=O)ccc1[N+](=O)[O-]. The van der Waals surface area contributed by atoms with Crippen molar-refractivity contribution in [1.82, 2.24) is 4.98 Å². The molecule has 1 aromatic rings. The largest absolute Gasteiger partial charge is 0.610 e. The van der Waals surface area contributed by atoms with E-state index >= 15 is 0 Å². The first-order chi connectivity index (χ1) is 9.10. The van der Waals surface area contributed by atoms with Crippen LogP contribution in [0.2, 0.25) is 0 Å². The summed E-state index contributed by atoms with van der Waals surface area (Å²) in [4.78, 5) is 13.9. The van der Waals surface area contributed by atoms with Crippen LogP contribution in [-0.2, 0) is 21.3 Å². The highest BCUT2D eigenvalue weighted by molar-refractivity contribution is 7.91. The molecule has 1 heterocycles. The van der Waals surface area contributed by atoms with Gasteiger partial charge in [-0.3, -0.25) is 10.1 Å². The monoisotopic (exact) mass is 322 g/mol. The third kappa shape index (κ3) is 4.94. The minimum atomic E-state index is -3.81. The van der Waals surface area contributed by atoms with E-state index < -0.39 is 31.9 Å². The summed E-state index contributed by atoms with van der Waals surface area (Å²) in [5, 5.41) is 10.6. The second-order valence-corrected chi connectivity index (χ2v) is 7.41. The molecule has 112 valence electrons. The van der Waals surface area contributed by atoms with Crippen LogP contribution in [0.5, 0.6) is 5.88 Å². The molecule has 20 heavy (non-hydrogen) atoms. The van der Waals surface area contributed by atoms with Crippen molar-refractivity contribution in [1.29, 1.82) is 0 Å². The summed E-state index contributed by atoms with van der Waals surface area (Å²) in [6, 6.07) is 2.08. The molecule has 1 atom stereocenters. The Labute approximate surface area is 119 Å². The van der Waals surface area contributed by atoms with E-state index in [-0.39, 0.29) is 22.6 Å². The van der Waals surface area contributed by atoms with Gasteiger partial charge in [0.15, 0.2) is 0 Å². The molecule has 0 aliphatic heterocycles. The Bertz CT molecular complexity index is 602. The summed E-state index contributed by atoms with van der Waals surface area (Å²) in [7, 11) is -3.81. The van der Waals surface area contributed by atoms with Gasteiger partial charge in [0.05, 0.1) is 11.2 Å². The number of hydrogen-bond donors (Lipinski definition) is 0. The van der Waals surface area contributed by atoms with Crippen molar-refractivity contribution in [3.05, 3.63) is 22.2 Å². The molecule has 0 saturated heterocycles. The van der Waals surface area contributed by atoms with Crippen LogP contribution < -0.4 is 4.18 Å². The van der Waals surface area contributed by atoms with Crippen LogP contribution in [-0.4, -0.2) is 34.9 Å². The van der Waals surface area contributed by atoms with Crippen LogP contribution in [0.25, 0.3) is 0 Å². The fourth-order valence-electron chi connectivity index (χ4n) is 1.31. The molecule has 0 aliphatic rings. The van der Waals surface area contributed by atoms with E-state index in [9.17, 15) is 23.1 Å². The van der Waals surface area contributed by atoms with Crippen molar-refractivity contribution in [3.63, 3.8) is 0 Å². The Kier molecular flexibility index (Phi) is 5.31. The zero-order valence-corrected chi connectivity index (χ0v) is 12.7. The highest BCUT2D eigenvalue weighted by Gasteiger charge is 2.28. The number of rotatable bonds is 6. The summed E-state index contributed by atoms with van der Waals surface area (Å²) < 4.78 is 38.6. The van der Waals surface area contributed by atoms with Crippen LogP contribution in [0.15, 0.2) is 17.2 Å². The van der Waals surface area contributed by atoms with Gasteiger partial charge >= 0.3 is 20.8 Å². The zero-order valence-electron chi connectivity index (χ0n) is 11.1. The van der Waals surface area contributed by atoms with Crippen LogP contribution in [0.4, 0.5) is 5.69 Å². The van der Waals surface area contributed by atoms with E-state index in [4.69, 9.17) is 0 Å². The Morgan fingerprint density at radius 1 is 1.45 bits per heavy atom. The lowest BCUT2D eigenvalue weighted by atomic mass is 10.3. The average molecular weight is 322 g/mol. The number of pyridine rings is 1. The van der Waals surface area contributed by atoms with Gasteiger partial charge in [-0.05, 0) is 5.92 Å². The number of nitrogens with zero attached hydrogens (tertiary/aromatic N) is 2. The van der Waals surface area contributed by atoms with Crippen LogP contribution in [0, 0.1) is 16.0 Å². The standard InChI is InChI=1S/C10H14N2O6S2/c1-7(2)6-19(15)10-8(12(13)14)4-5-9(11-10)18-20(3,16)17/h4-5,7H,6H2,1-3H3. The van der Waals surface area contributed by atoms with Gasteiger partial charge < -0.3 is 8.74 Å². The molecule has 1 unspecified atom stereocenters. The Hall–Kier alpha value is -1.39. The molecule has 0 radical (unpaired) electrons. The highest BCUT2D eigenvalue weighted by Crippen LogP contribution is 2.26. The number of hydrogen-bond acceptors (Lipinski definition) is 7. The maximum atomic E-state index is 12.0. The molecule has 0 spiro atoms. The topological polar surface area (TPSA) is 122 Å². The van der Waals surface area contributed by atoms with Crippen LogP contribution in [0.3, 0.4) is 0 Å². The van der Waals surface area contributed by atoms with E-state index in [1.165, 1.54) is 0 Å². The third-order valence-corrected chi connectivity index (χ3v) is 4.12. The van der Waals surface area contributed by atoms with E-state index in [0.717, 1.165) is 18.4 Å². The summed E-state index contributed by atoms with van der Waals surface area (Å²) in [5.74, 6) is -0.127. The fourth-order valence-corrected chi connectivity index (χ4v) is 3.04. The van der Waals surface area contributed by atoms with E-state index in [1.54, 1.807) is 13.8 Å². The molecule has 1 aromatic heterocycles. The Morgan fingerprint density at radius 3 is 2.50 bits per heavy atom. The molecule has 8 nitrogen and oxygen atoms in total. The maximum Gasteiger partial charge on any atom is 0.344 e. The molecule has 0 aliphatic carbocycles. The van der Waals surface area contributed by atoms with Crippen molar-refractivity contribution in [2.75, 3.05) is 12.0 Å². The van der Waals surface area contributed by atoms with Crippen molar-refractivity contribution >= 4 is 27.0 Å². The lowest BCUT2D eigenvalue weighted by Gasteiger charge is -2.12. The van der Waals surface area contributed by atoms with Crippen molar-refractivity contribution < 1.29 is 22.1 Å². The lowest BCUT2D eigenvalue weighted by molar-refractivity contribution is -0.388. The van der Waals surface area contributed by atoms with Crippen LogP contribution >= 0.6 is 0 Å². The number of aromatic nitrogens is 1. The van der Waals surface area contributed by atoms with Gasteiger partial charge in [-0.15, -0.1) is 0 Å². The zero-order chi connectivity index (χ0) is 15.5. The first kappa shape index (κ1) is 16.7. The van der Waals surface area contributed by atoms with Gasteiger partial charge in [0, 0.05) is 23.3 Å². The predicted molar refractivity (Wildman–Crippen MR) is 72.5 cm³/mol. The molecule has 0 bridgehead atoms. The Balaban J connectivity index is 3.21. The molecule has 0 fully saturated rings. The maximum absolute atomic E-state index is 12.0. The first-order valence-electron chi connectivity index (χ1n) is 5.53. The quantitative estimate of drug-likeness (QED) is 0.332. The summed E-state index contributed by atoms with van der Waals surface area (Å²) in [5.41, 5.74) is -0.426. The predicted octanol–water partition coefficient (Wildman–Crippen LogP) is 1.09. The first-order valence-corrected chi connectivity index (χ1v) is 8.67. The van der Waals surface area contributed by atoms with Crippen LogP contribution in [0.1, 0.15) is 13.8 Å². The molecule has 0 saturated carbocycles. The second-order valence-electron chi connectivity index (χ2n) is 4.42. The molecular weight excluding hydrogens is 308 g/mol.